The first-order chi connectivity index (χ1) is 9.86. The molecule has 0 fully saturated rings. The van der Waals surface area contributed by atoms with Crippen LogP contribution in [0, 0.1) is 0 Å². The molecule has 22 heavy (non-hydrogen) atoms. The van der Waals surface area contributed by atoms with Gasteiger partial charge in [-0.2, -0.15) is 0 Å². The van der Waals surface area contributed by atoms with Crippen LogP contribution in [0.2, 0.25) is 0 Å². The van der Waals surface area contributed by atoms with Crippen molar-refractivity contribution in [3.05, 3.63) is 0 Å². The highest BCUT2D eigenvalue weighted by atomic mass is 31.2. The largest absolute Gasteiger partial charge is 0.347 e. The Bertz CT molecular complexity index is 477. The molecular weight excluding hydrogens is 315 g/mol. The molecule has 1 unspecified atom stereocenters. The molecule has 0 aromatic rings. The van der Waals surface area contributed by atoms with Crippen molar-refractivity contribution in [1.29, 1.82) is 0 Å². The van der Waals surface area contributed by atoms with Crippen molar-refractivity contribution >= 4 is 25.3 Å². The van der Waals surface area contributed by atoms with Gasteiger partial charge in [0.25, 0.3) is 0 Å². The van der Waals surface area contributed by atoms with Gasteiger partial charge in [-0.3, -0.25) is 18.9 Å². The van der Waals surface area contributed by atoms with Gasteiger partial charge in [-0.25, -0.2) is 0 Å². The summed E-state index contributed by atoms with van der Waals surface area (Å²) in [6, 6.07) is -2.72. The highest BCUT2D eigenvalue weighted by Gasteiger charge is 2.28. The Balaban J connectivity index is 4.49. The summed E-state index contributed by atoms with van der Waals surface area (Å²) in [6.45, 7) is 5.37. The molecule has 0 aliphatic heterocycles. The topological polar surface area (TPSA) is 171 Å². The van der Waals surface area contributed by atoms with Crippen LogP contribution in [0.3, 0.4) is 0 Å². The Kier molecular flexibility index (Phi) is 7.68. The van der Waals surface area contributed by atoms with Crippen molar-refractivity contribution in [3.8, 4) is 0 Å². The minimum Gasteiger partial charge on any atom is -0.343 e. The Morgan fingerprint density at radius 2 is 1.23 bits per heavy atom. The summed E-state index contributed by atoms with van der Waals surface area (Å²) in [5.74, 6) is -3.26. The van der Waals surface area contributed by atoms with Crippen LogP contribution in [0.25, 0.3) is 0 Å². The van der Waals surface area contributed by atoms with E-state index in [0.29, 0.717) is 0 Å². The number of nitrogens with one attached hydrogen (secondary N) is 3. The van der Waals surface area contributed by atoms with Crippen molar-refractivity contribution in [2.45, 2.75) is 51.6 Å². The van der Waals surface area contributed by atoms with Crippen molar-refractivity contribution in [1.82, 2.24) is 16.0 Å². The summed E-state index contributed by atoms with van der Waals surface area (Å²) in [6.07, 6.45) is 0. The second-order valence-electron chi connectivity index (χ2n) is 5.02. The Morgan fingerprint density at radius 1 is 0.864 bits per heavy atom. The molecule has 0 bridgehead atoms. The minimum atomic E-state index is -4.45. The second-order valence-corrected chi connectivity index (χ2v) is 6.98. The molecule has 0 aromatic carbocycles. The highest BCUT2D eigenvalue weighted by molar-refractivity contribution is 7.52. The van der Waals surface area contributed by atoms with E-state index in [1.165, 1.54) is 20.8 Å². The first-order valence-corrected chi connectivity index (χ1v) is 8.26. The summed E-state index contributed by atoms with van der Waals surface area (Å²) in [7, 11) is -4.45. The molecule has 11 heteroatoms. The van der Waals surface area contributed by atoms with Crippen molar-refractivity contribution < 1.29 is 28.7 Å². The standard InChI is InChI=1S/C11H23N4O6P/c1-5(12)9(16)13-6(2)10(17)14-7(3)11(18)15-8(4)22(19,20)21/h5-8H,12H2,1-4H3,(H,13,16)(H,14,17)(H,15,18)(H2,19,20,21)/t5-,6-,7-,8?/m0/s1. The molecule has 0 spiro atoms. The van der Waals surface area contributed by atoms with Crippen LogP contribution in [-0.2, 0) is 18.9 Å². The molecule has 0 heterocycles. The number of carbonyl (C=O) groups is 3. The molecule has 0 saturated carbocycles. The minimum absolute atomic E-state index is 0.519. The van der Waals surface area contributed by atoms with E-state index in [-0.39, 0.29) is 0 Å². The number of rotatable bonds is 7. The Morgan fingerprint density at radius 3 is 1.59 bits per heavy atom. The van der Waals surface area contributed by atoms with Gasteiger partial charge in [0.05, 0.1) is 6.04 Å². The van der Waals surface area contributed by atoms with E-state index in [2.05, 4.69) is 16.0 Å². The van der Waals surface area contributed by atoms with Gasteiger partial charge in [0.15, 0.2) is 0 Å². The number of nitrogens with two attached hydrogens (primary N) is 1. The molecule has 4 atom stereocenters. The Hall–Kier alpha value is -1.48. The monoisotopic (exact) mass is 338 g/mol. The van der Waals surface area contributed by atoms with Crippen molar-refractivity contribution in [2.24, 2.45) is 5.73 Å². The van der Waals surface area contributed by atoms with Crippen LogP contribution < -0.4 is 21.7 Å². The third-order valence-electron chi connectivity index (χ3n) is 2.77. The smallest absolute Gasteiger partial charge is 0.343 e. The highest BCUT2D eigenvalue weighted by Crippen LogP contribution is 2.38. The fourth-order valence-corrected chi connectivity index (χ4v) is 1.52. The van der Waals surface area contributed by atoms with Gasteiger partial charge in [0.1, 0.15) is 17.9 Å². The van der Waals surface area contributed by atoms with Crippen LogP contribution in [-0.4, -0.2) is 51.4 Å². The summed E-state index contributed by atoms with van der Waals surface area (Å²) >= 11 is 0. The molecule has 3 amide bonds. The summed E-state index contributed by atoms with van der Waals surface area (Å²) in [5, 5.41) is 6.78. The fourth-order valence-electron chi connectivity index (χ4n) is 1.23. The maximum atomic E-state index is 11.8. The van der Waals surface area contributed by atoms with Gasteiger partial charge >= 0.3 is 7.60 Å². The van der Waals surface area contributed by atoms with Gasteiger partial charge < -0.3 is 31.5 Å². The quantitative estimate of drug-likeness (QED) is 0.291. The molecule has 0 aliphatic rings. The van der Waals surface area contributed by atoms with Crippen molar-refractivity contribution in [2.75, 3.05) is 0 Å². The molecule has 0 rings (SSSR count). The molecule has 7 N–H and O–H groups in total. The molecule has 0 aliphatic carbocycles. The lowest BCUT2D eigenvalue weighted by Crippen LogP contribution is -2.54. The molecular formula is C11H23N4O6P. The predicted molar refractivity (Wildman–Crippen MR) is 78.5 cm³/mol. The summed E-state index contributed by atoms with van der Waals surface area (Å²) in [5.41, 5.74) is 5.35. The van der Waals surface area contributed by atoms with E-state index < -0.39 is 49.2 Å². The van der Waals surface area contributed by atoms with Crippen molar-refractivity contribution in [3.63, 3.8) is 0 Å². The number of hydrogen-bond donors (Lipinski definition) is 6. The van der Waals surface area contributed by atoms with E-state index in [1.807, 2.05) is 0 Å². The average molecular weight is 338 g/mol. The maximum absolute atomic E-state index is 11.8. The van der Waals surface area contributed by atoms with E-state index in [4.69, 9.17) is 15.5 Å². The van der Waals surface area contributed by atoms with Crippen LogP contribution in [0.15, 0.2) is 0 Å². The van der Waals surface area contributed by atoms with E-state index in [9.17, 15) is 18.9 Å². The molecule has 128 valence electrons. The third-order valence-corrected chi connectivity index (χ3v) is 3.91. The first-order valence-electron chi connectivity index (χ1n) is 6.58. The van der Waals surface area contributed by atoms with Crippen LogP contribution in [0.5, 0.6) is 0 Å². The SMILES string of the molecule is CC(NC(=O)[C@H](C)NC(=O)[C@H](C)NC(=O)[C@H](C)N)P(=O)(O)O. The maximum Gasteiger partial charge on any atom is 0.347 e. The zero-order chi connectivity index (χ0) is 17.7. The molecule has 10 nitrogen and oxygen atoms in total. The normalized spacial score (nSPS) is 16.9. The number of amides is 3. The van der Waals surface area contributed by atoms with Gasteiger partial charge in [-0.1, -0.05) is 0 Å². The van der Waals surface area contributed by atoms with Gasteiger partial charge in [0, 0.05) is 0 Å². The third kappa shape index (κ3) is 6.99. The molecule has 0 aromatic heterocycles. The van der Waals surface area contributed by atoms with Crippen LogP contribution in [0.1, 0.15) is 27.7 Å². The fraction of sp³-hybridized carbons (Fsp3) is 0.727. The second kappa shape index (κ2) is 8.23. The Labute approximate surface area is 128 Å². The molecule has 0 saturated heterocycles. The van der Waals surface area contributed by atoms with Crippen LogP contribution >= 0.6 is 7.60 Å². The van der Waals surface area contributed by atoms with Gasteiger partial charge in [0.2, 0.25) is 17.7 Å². The lowest BCUT2D eigenvalue weighted by molar-refractivity contribution is -0.131. The van der Waals surface area contributed by atoms with Crippen LogP contribution in [0.4, 0.5) is 0 Å². The first kappa shape index (κ1) is 20.5. The van der Waals surface area contributed by atoms with E-state index >= 15 is 0 Å². The zero-order valence-corrected chi connectivity index (χ0v) is 13.8. The lowest BCUT2D eigenvalue weighted by atomic mass is 10.2. The zero-order valence-electron chi connectivity index (χ0n) is 12.9. The van der Waals surface area contributed by atoms with E-state index in [0.717, 1.165) is 6.92 Å². The summed E-state index contributed by atoms with van der Waals surface area (Å²) in [4.78, 5) is 52.6. The number of carbonyl (C=O) groups excluding carboxylic acids is 3. The number of hydrogen-bond acceptors (Lipinski definition) is 5. The van der Waals surface area contributed by atoms with E-state index in [1.54, 1.807) is 0 Å². The average Bonchev–Trinajstić information content (AvgIpc) is 2.36. The molecule has 0 radical (unpaired) electrons. The lowest BCUT2D eigenvalue weighted by Gasteiger charge is -2.21. The van der Waals surface area contributed by atoms with Gasteiger partial charge in [-0.05, 0) is 27.7 Å². The summed E-state index contributed by atoms with van der Waals surface area (Å²) < 4.78 is 10.9. The predicted octanol–water partition coefficient (Wildman–Crippen LogP) is -2.02. The van der Waals surface area contributed by atoms with Gasteiger partial charge in [-0.15, -0.1) is 0 Å².